The molecule has 108 valence electrons. The molecular weight excluding hydrogens is 258 g/mol. The highest BCUT2D eigenvalue weighted by molar-refractivity contribution is 6.04. The zero-order valence-corrected chi connectivity index (χ0v) is 13.1. The summed E-state index contributed by atoms with van der Waals surface area (Å²) >= 11 is 0. The monoisotopic (exact) mass is 279 g/mol. The minimum atomic E-state index is -0.0378. The van der Waals surface area contributed by atoms with E-state index in [2.05, 4.69) is 57.2 Å². The average Bonchev–Trinajstić information content (AvgIpc) is 2.67. The maximum absolute atomic E-state index is 12.6. The number of rotatable bonds is 2. The maximum Gasteiger partial charge on any atom is 0.234 e. The maximum atomic E-state index is 12.6. The van der Waals surface area contributed by atoms with Crippen LogP contribution in [0, 0.1) is 20.8 Å². The molecule has 21 heavy (non-hydrogen) atoms. The first kappa shape index (κ1) is 13.9. The highest BCUT2D eigenvalue weighted by Crippen LogP contribution is 2.38. The van der Waals surface area contributed by atoms with Gasteiger partial charge in [0.2, 0.25) is 5.91 Å². The zero-order chi connectivity index (χ0) is 15.1. The van der Waals surface area contributed by atoms with Crippen LogP contribution in [0.5, 0.6) is 0 Å². The number of carbonyl (C=O) groups excluding carboxylic acids is 1. The van der Waals surface area contributed by atoms with E-state index in [-0.39, 0.29) is 11.8 Å². The third-order valence-corrected chi connectivity index (χ3v) is 4.54. The van der Waals surface area contributed by atoms with Crippen molar-refractivity contribution in [2.45, 2.75) is 40.2 Å². The van der Waals surface area contributed by atoms with Gasteiger partial charge in [-0.15, -0.1) is 0 Å². The number of fused-ring (bicyclic) bond motifs is 1. The van der Waals surface area contributed by atoms with Crippen LogP contribution < -0.4 is 4.90 Å². The Hall–Kier alpha value is -2.09. The quantitative estimate of drug-likeness (QED) is 0.804. The molecule has 1 aliphatic rings. The second-order valence-electron chi connectivity index (χ2n) is 6.08. The first-order valence-corrected chi connectivity index (χ1v) is 7.46. The number of benzene rings is 2. The van der Waals surface area contributed by atoms with Crippen molar-refractivity contribution < 1.29 is 4.79 Å². The molecule has 3 rings (SSSR count). The van der Waals surface area contributed by atoms with Gasteiger partial charge in [-0.05, 0) is 56.0 Å². The van der Waals surface area contributed by atoms with Crippen molar-refractivity contribution in [3.8, 4) is 0 Å². The van der Waals surface area contributed by atoms with E-state index >= 15 is 0 Å². The standard InChI is InChI=1S/C19H21NO/c1-12-8-9-18-16(10-12)15(4)19(21)20(18)11-17-13(2)6-5-7-14(17)3/h5-10,15H,11H2,1-4H3. The van der Waals surface area contributed by atoms with Crippen LogP contribution in [0.4, 0.5) is 5.69 Å². The molecular formula is C19H21NO. The Kier molecular flexibility index (Phi) is 3.32. The molecule has 1 amide bonds. The van der Waals surface area contributed by atoms with Gasteiger partial charge in [0, 0.05) is 5.69 Å². The molecule has 2 aromatic rings. The molecule has 0 saturated carbocycles. The first-order chi connectivity index (χ1) is 9.99. The van der Waals surface area contributed by atoms with Crippen LogP contribution in [0.25, 0.3) is 0 Å². The van der Waals surface area contributed by atoms with E-state index in [0.29, 0.717) is 6.54 Å². The largest absolute Gasteiger partial charge is 0.307 e. The molecule has 1 heterocycles. The molecule has 0 N–H and O–H groups in total. The summed E-state index contributed by atoms with van der Waals surface area (Å²) in [6.07, 6.45) is 0. The van der Waals surface area contributed by atoms with Crippen molar-refractivity contribution in [1.29, 1.82) is 0 Å². The number of hydrogen-bond donors (Lipinski definition) is 0. The zero-order valence-electron chi connectivity index (χ0n) is 13.1. The predicted molar refractivity (Wildman–Crippen MR) is 86.7 cm³/mol. The minimum Gasteiger partial charge on any atom is -0.307 e. The molecule has 0 aromatic heterocycles. The lowest BCUT2D eigenvalue weighted by Gasteiger charge is -2.20. The highest BCUT2D eigenvalue weighted by Gasteiger charge is 2.34. The average molecular weight is 279 g/mol. The lowest BCUT2D eigenvalue weighted by molar-refractivity contribution is -0.119. The summed E-state index contributed by atoms with van der Waals surface area (Å²) in [6.45, 7) is 8.97. The van der Waals surface area contributed by atoms with Crippen LogP contribution >= 0.6 is 0 Å². The van der Waals surface area contributed by atoms with Crippen LogP contribution in [-0.2, 0) is 11.3 Å². The molecule has 2 aromatic carbocycles. The van der Waals surface area contributed by atoms with Gasteiger partial charge < -0.3 is 4.90 Å². The van der Waals surface area contributed by atoms with Crippen molar-refractivity contribution >= 4 is 11.6 Å². The van der Waals surface area contributed by atoms with Crippen LogP contribution in [0.2, 0.25) is 0 Å². The lowest BCUT2D eigenvalue weighted by atomic mass is 10.0. The van der Waals surface area contributed by atoms with E-state index in [1.165, 1.54) is 22.3 Å². The molecule has 1 unspecified atom stereocenters. The fourth-order valence-corrected chi connectivity index (χ4v) is 3.17. The Bertz CT molecular complexity index is 697. The van der Waals surface area contributed by atoms with E-state index in [1.54, 1.807) is 0 Å². The Morgan fingerprint density at radius 1 is 1.05 bits per heavy atom. The lowest BCUT2D eigenvalue weighted by Crippen LogP contribution is -2.28. The second kappa shape index (κ2) is 5.03. The van der Waals surface area contributed by atoms with Crippen LogP contribution in [0.15, 0.2) is 36.4 Å². The van der Waals surface area contributed by atoms with Crippen LogP contribution in [0.3, 0.4) is 0 Å². The minimum absolute atomic E-state index is 0.0378. The Morgan fingerprint density at radius 2 is 1.71 bits per heavy atom. The highest BCUT2D eigenvalue weighted by atomic mass is 16.2. The van der Waals surface area contributed by atoms with Crippen LogP contribution in [0.1, 0.15) is 40.7 Å². The molecule has 0 saturated heterocycles. The summed E-state index contributed by atoms with van der Waals surface area (Å²) in [5.74, 6) is 0.169. The number of nitrogens with zero attached hydrogens (tertiary/aromatic N) is 1. The Morgan fingerprint density at radius 3 is 2.38 bits per heavy atom. The van der Waals surface area contributed by atoms with Gasteiger partial charge in [-0.3, -0.25) is 4.79 Å². The number of anilines is 1. The summed E-state index contributed by atoms with van der Waals surface area (Å²) in [6, 6.07) is 12.6. The number of carbonyl (C=O) groups is 1. The van der Waals surface area contributed by atoms with Gasteiger partial charge in [-0.25, -0.2) is 0 Å². The van der Waals surface area contributed by atoms with Gasteiger partial charge in [0.1, 0.15) is 0 Å². The smallest absolute Gasteiger partial charge is 0.234 e. The van der Waals surface area contributed by atoms with Gasteiger partial charge in [0.05, 0.1) is 12.5 Å². The molecule has 1 atom stereocenters. The molecule has 0 bridgehead atoms. The summed E-state index contributed by atoms with van der Waals surface area (Å²) in [4.78, 5) is 14.6. The molecule has 0 aliphatic carbocycles. The van der Waals surface area contributed by atoms with Gasteiger partial charge in [0.15, 0.2) is 0 Å². The number of aryl methyl sites for hydroxylation is 3. The van der Waals surface area contributed by atoms with Crippen molar-refractivity contribution in [3.05, 3.63) is 64.2 Å². The predicted octanol–water partition coefficient (Wildman–Crippen LogP) is 4.26. The molecule has 0 spiro atoms. The van der Waals surface area contributed by atoms with E-state index in [0.717, 1.165) is 11.3 Å². The molecule has 0 fully saturated rings. The summed E-state index contributed by atoms with van der Waals surface area (Å²) in [5, 5.41) is 0. The van der Waals surface area contributed by atoms with Crippen molar-refractivity contribution in [2.24, 2.45) is 0 Å². The van der Waals surface area contributed by atoms with E-state index < -0.39 is 0 Å². The van der Waals surface area contributed by atoms with Crippen LogP contribution in [-0.4, -0.2) is 5.91 Å². The van der Waals surface area contributed by atoms with E-state index in [1.807, 2.05) is 11.8 Å². The molecule has 0 radical (unpaired) electrons. The summed E-state index contributed by atoms with van der Waals surface area (Å²) in [7, 11) is 0. The fourth-order valence-electron chi connectivity index (χ4n) is 3.17. The second-order valence-corrected chi connectivity index (χ2v) is 6.08. The Labute approximate surface area is 126 Å². The van der Waals surface area contributed by atoms with Crippen molar-refractivity contribution in [3.63, 3.8) is 0 Å². The summed E-state index contributed by atoms with van der Waals surface area (Å²) < 4.78 is 0. The summed E-state index contributed by atoms with van der Waals surface area (Å²) in [5.41, 5.74) is 7.19. The molecule has 2 heteroatoms. The third-order valence-electron chi connectivity index (χ3n) is 4.54. The first-order valence-electron chi connectivity index (χ1n) is 7.46. The fraction of sp³-hybridized carbons (Fsp3) is 0.316. The molecule has 1 aliphatic heterocycles. The van der Waals surface area contributed by atoms with Gasteiger partial charge in [-0.2, -0.15) is 0 Å². The Balaban J connectivity index is 2.03. The van der Waals surface area contributed by atoms with Gasteiger partial charge in [0.25, 0.3) is 0 Å². The van der Waals surface area contributed by atoms with E-state index in [4.69, 9.17) is 0 Å². The van der Waals surface area contributed by atoms with Crippen molar-refractivity contribution in [1.82, 2.24) is 0 Å². The van der Waals surface area contributed by atoms with E-state index in [9.17, 15) is 4.79 Å². The topological polar surface area (TPSA) is 20.3 Å². The van der Waals surface area contributed by atoms with Crippen molar-refractivity contribution in [2.75, 3.05) is 4.90 Å². The van der Waals surface area contributed by atoms with Gasteiger partial charge in [-0.1, -0.05) is 35.9 Å². The normalized spacial score (nSPS) is 17.2. The molecule has 2 nitrogen and oxygen atoms in total. The number of amides is 1. The van der Waals surface area contributed by atoms with Gasteiger partial charge >= 0.3 is 0 Å². The SMILES string of the molecule is Cc1ccc2c(c1)C(C)C(=O)N2Cc1c(C)cccc1C. The number of hydrogen-bond acceptors (Lipinski definition) is 1. The third kappa shape index (κ3) is 2.25.